The summed E-state index contributed by atoms with van der Waals surface area (Å²) in [5, 5.41) is 0. The van der Waals surface area contributed by atoms with Gasteiger partial charge in [0.15, 0.2) is 0 Å². The Morgan fingerprint density at radius 1 is 1.40 bits per heavy atom. The third-order valence-electron chi connectivity index (χ3n) is 3.94. The summed E-state index contributed by atoms with van der Waals surface area (Å²) < 4.78 is 27.4. The Morgan fingerprint density at radius 3 is 2.80 bits per heavy atom. The summed E-state index contributed by atoms with van der Waals surface area (Å²) in [6, 6.07) is 3.70. The summed E-state index contributed by atoms with van der Waals surface area (Å²) in [5.41, 5.74) is 6.23. The van der Waals surface area contributed by atoms with Gasteiger partial charge in [-0.15, -0.1) is 0 Å². The number of hydrogen-bond donors (Lipinski definition) is 1. The van der Waals surface area contributed by atoms with Gasteiger partial charge in [-0.1, -0.05) is 0 Å². The van der Waals surface area contributed by atoms with Gasteiger partial charge in [0.05, 0.1) is 6.04 Å². The lowest BCUT2D eigenvalue weighted by molar-refractivity contribution is 0.153. The summed E-state index contributed by atoms with van der Waals surface area (Å²) in [6.45, 7) is 2.09. The number of halogens is 2. The molecule has 1 aromatic rings. The Hall–Kier alpha value is -1.04. The monoisotopic (exact) mass is 283 g/mol. The molecule has 5 heteroatoms. The van der Waals surface area contributed by atoms with Crippen LogP contribution in [0.5, 0.6) is 0 Å². The number of rotatable bonds is 5. The van der Waals surface area contributed by atoms with Gasteiger partial charge in [-0.05, 0) is 51.7 Å². The molecule has 0 bridgehead atoms. The molecule has 1 heterocycles. The third-order valence-corrected chi connectivity index (χ3v) is 3.94. The van der Waals surface area contributed by atoms with Crippen molar-refractivity contribution in [2.75, 3.05) is 33.7 Å². The normalized spacial score (nSPS) is 21.6. The molecule has 20 heavy (non-hydrogen) atoms. The van der Waals surface area contributed by atoms with Crippen LogP contribution >= 0.6 is 0 Å². The molecule has 0 saturated carbocycles. The number of hydrogen-bond acceptors (Lipinski definition) is 3. The first-order chi connectivity index (χ1) is 9.52. The smallest absolute Gasteiger partial charge is 0.128 e. The number of likely N-dealkylation sites (tertiary alicyclic amines) is 1. The van der Waals surface area contributed by atoms with E-state index < -0.39 is 5.82 Å². The summed E-state index contributed by atoms with van der Waals surface area (Å²) >= 11 is 0. The Kier molecular flexibility index (Phi) is 5.07. The fourth-order valence-electron chi connectivity index (χ4n) is 3.10. The first-order valence-corrected chi connectivity index (χ1v) is 7.08. The minimum Gasteiger partial charge on any atom is -0.329 e. The summed E-state index contributed by atoms with van der Waals surface area (Å²) in [5.74, 6) is -0.791. The molecule has 2 unspecified atom stereocenters. The molecule has 2 N–H and O–H groups in total. The molecule has 0 aromatic heterocycles. The minimum absolute atomic E-state index is 0.252. The molecule has 1 aliphatic heterocycles. The topological polar surface area (TPSA) is 32.5 Å². The van der Waals surface area contributed by atoms with Crippen molar-refractivity contribution >= 4 is 0 Å². The van der Waals surface area contributed by atoms with Crippen molar-refractivity contribution < 1.29 is 8.78 Å². The van der Waals surface area contributed by atoms with E-state index >= 15 is 0 Å². The molecule has 1 aliphatic rings. The second kappa shape index (κ2) is 6.61. The second-order valence-electron chi connectivity index (χ2n) is 5.71. The second-order valence-corrected chi connectivity index (χ2v) is 5.71. The van der Waals surface area contributed by atoms with Crippen LogP contribution in [0, 0.1) is 11.6 Å². The maximum atomic E-state index is 14.0. The van der Waals surface area contributed by atoms with Crippen LogP contribution in [0.15, 0.2) is 18.2 Å². The van der Waals surface area contributed by atoms with Crippen LogP contribution in [0.4, 0.5) is 8.78 Å². The van der Waals surface area contributed by atoms with Gasteiger partial charge in [-0.25, -0.2) is 8.78 Å². The highest BCUT2D eigenvalue weighted by molar-refractivity contribution is 5.23. The van der Waals surface area contributed by atoms with Gasteiger partial charge in [0.1, 0.15) is 11.6 Å². The van der Waals surface area contributed by atoms with E-state index in [1.54, 1.807) is 0 Å². The van der Waals surface area contributed by atoms with Crippen LogP contribution in [-0.4, -0.2) is 49.6 Å². The van der Waals surface area contributed by atoms with Crippen LogP contribution in [-0.2, 0) is 0 Å². The van der Waals surface area contributed by atoms with E-state index in [-0.39, 0.29) is 11.9 Å². The fraction of sp³-hybridized carbons (Fsp3) is 0.600. The van der Waals surface area contributed by atoms with Crippen molar-refractivity contribution in [3.05, 3.63) is 35.4 Å². The predicted octanol–water partition coefficient (Wildman–Crippen LogP) is 1.99. The number of nitrogens with two attached hydrogens (primary N) is 1. The molecule has 1 fully saturated rings. The molecule has 1 saturated heterocycles. The SMILES string of the molecule is CN(C)CC1CCCN1C(CN)c1cc(F)ccc1F. The van der Waals surface area contributed by atoms with Gasteiger partial charge in [0.25, 0.3) is 0 Å². The lowest BCUT2D eigenvalue weighted by Gasteiger charge is -2.34. The molecule has 0 amide bonds. The van der Waals surface area contributed by atoms with Gasteiger partial charge in [0.2, 0.25) is 0 Å². The zero-order chi connectivity index (χ0) is 14.7. The van der Waals surface area contributed by atoms with Crippen molar-refractivity contribution in [1.82, 2.24) is 9.80 Å². The Balaban J connectivity index is 2.24. The Labute approximate surface area is 119 Å². The highest BCUT2D eigenvalue weighted by atomic mass is 19.1. The molecule has 0 radical (unpaired) electrons. The van der Waals surface area contributed by atoms with E-state index in [0.717, 1.165) is 32.0 Å². The van der Waals surface area contributed by atoms with Crippen LogP contribution < -0.4 is 5.73 Å². The van der Waals surface area contributed by atoms with Crippen LogP contribution in [0.1, 0.15) is 24.4 Å². The Morgan fingerprint density at radius 2 is 2.15 bits per heavy atom. The quantitative estimate of drug-likeness (QED) is 0.897. The van der Waals surface area contributed by atoms with Crippen molar-refractivity contribution in [1.29, 1.82) is 0 Å². The summed E-state index contributed by atoms with van der Waals surface area (Å²) in [4.78, 5) is 4.34. The van der Waals surface area contributed by atoms with Crippen LogP contribution in [0.2, 0.25) is 0 Å². The average Bonchev–Trinajstić information content (AvgIpc) is 2.82. The van der Waals surface area contributed by atoms with Crippen molar-refractivity contribution in [2.45, 2.75) is 24.9 Å². The number of benzene rings is 1. The molecule has 1 aromatic carbocycles. The molecule has 3 nitrogen and oxygen atoms in total. The van der Waals surface area contributed by atoms with E-state index in [9.17, 15) is 8.78 Å². The summed E-state index contributed by atoms with van der Waals surface area (Å²) in [7, 11) is 4.05. The molecule has 0 aliphatic carbocycles. The molecule has 112 valence electrons. The fourth-order valence-corrected chi connectivity index (χ4v) is 3.10. The molecule has 2 atom stereocenters. The molecule has 0 spiro atoms. The standard InChI is InChI=1S/C15H23F2N3/c1-19(2)10-12-4-3-7-20(12)15(9-18)13-8-11(16)5-6-14(13)17/h5-6,8,12,15H,3-4,7,9-10,18H2,1-2H3. The van der Waals surface area contributed by atoms with Gasteiger partial charge >= 0.3 is 0 Å². The van der Waals surface area contributed by atoms with Gasteiger partial charge in [-0.3, -0.25) is 4.90 Å². The van der Waals surface area contributed by atoms with E-state index in [1.807, 2.05) is 14.1 Å². The van der Waals surface area contributed by atoms with Gasteiger partial charge < -0.3 is 10.6 Å². The lowest BCUT2D eigenvalue weighted by atomic mass is 10.0. The Bertz CT molecular complexity index is 451. The maximum Gasteiger partial charge on any atom is 0.128 e. The number of nitrogens with zero attached hydrogens (tertiary/aromatic N) is 2. The average molecular weight is 283 g/mol. The molecular weight excluding hydrogens is 260 g/mol. The molecule has 2 rings (SSSR count). The largest absolute Gasteiger partial charge is 0.329 e. The van der Waals surface area contributed by atoms with E-state index in [1.165, 1.54) is 12.1 Å². The first kappa shape index (κ1) is 15.4. The maximum absolute atomic E-state index is 14.0. The zero-order valence-electron chi connectivity index (χ0n) is 12.1. The highest BCUT2D eigenvalue weighted by Gasteiger charge is 2.32. The van der Waals surface area contributed by atoms with Crippen LogP contribution in [0.25, 0.3) is 0 Å². The first-order valence-electron chi connectivity index (χ1n) is 7.08. The van der Waals surface area contributed by atoms with E-state index in [0.29, 0.717) is 18.2 Å². The van der Waals surface area contributed by atoms with E-state index in [2.05, 4.69) is 9.80 Å². The van der Waals surface area contributed by atoms with Crippen molar-refractivity contribution in [2.24, 2.45) is 5.73 Å². The predicted molar refractivity (Wildman–Crippen MR) is 76.4 cm³/mol. The third kappa shape index (κ3) is 3.34. The van der Waals surface area contributed by atoms with Crippen molar-refractivity contribution in [3.63, 3.8) is 0 Å². The number of likely N-dealkylation sites (N-methyl/N-ethyl adjacent to an activating group) is 1. The molecular formula is C15H23F2N3. The lowest BCUT2D eigenvalue weighted by Crippen LogP contribution is -2.42. The zero-order valence-corrected chi connectivity index (χ0v) is 12.1. The van der Waals surface area contributed by atoms with Gasteiger partial charge in [0, 0.05) is 24.7 Å². The van der Waals surface area contributed by atoms with E-state index in [4.69, 9.17) is 5.73 Å². The van der Waals surface area contributed by atoms with Crippen molar-refractivity contribution in [3.8, 4) is 0 Å². The highest BCUT2D eigenvalue weighted by Crippen LogP contribution is 2.30. The minimum atomic E-state index is -0.414. The van der Waals surface area contributed by atoms with Crippen LogP contribution in [0.3, 0.4) is 0 Å². The van der Waals surface area contributed by atoms with Gasteiger partial charge in [-0.2, -0.15) is 0 Å². The summed E-state index contributed by atoms with van der Waals surface area (Å²) in [6.07, 6.45) is 2.15.